The molecule has 0 amide bonds. The van der Waals surface area contributed by atoms with Crippen molar-refractivity contribution in [1.29, 1.82) is 0 Å². The van der Waals surface area contributed by atoms with Gasteiger partial charge < -0.3 is 20.2 Å². The summed E-state index contributed by atoms with van der Waals surface area (Å²) < 4.78 is 0. The predicted molar refractivity (Wildman–Crippen MR) is 153 cm³/mol. The van der Waals surface area contributed by atoms with Crippen LogP contribution in [0.2, 0.25) is 0 Å². The van der Waals surface area contributed by atoms with Gasteiger partial charge in [-0.25, -0.2) is 0 Å². The minimum Gasteiger partial charge on any atom is -0.400 e. The molecule has 214 valence electrons. The zero-order chi connectivity index (χ0) is 26.3. The van der Waals surface area contributed by atoms with Crippen LogP contribution < -0.4 is 0 Å². The molecular formula is C32H63NO3. The minimum absolute atomic E-state index is 0. The Labute approximate surface area is 224 Å². The highest BCUT2D eigenvalue weighted by Gasteiger charge is 2.83. The van der Waals surface area contributed by atoms with Crippen LogP contribution in [0.15, 0.2) is 0 Å². The van der Waals surface area contributed by atoms with Crippen molar-refractivity contribution in [3.63, 3.8) is 0 Å². The Morgan fingerprint density at radius 2 is 1.44 bits per heavy atom. The van der Waals surface area contributed by atoms with E-state index in [0.29, 0.717) is 39.9 Å². The minimum atomic E-state index is -0.102. The van der Waals surface area contributed by atoms with E-state index in [9.17, 15) is 10.2 Å². The van der Waals surface area contributed by atoms with Gasteiger partial charge in [-0.15, -0.1) is 0 Å². The molecule has 2 spiro atoms. The normalized spacial score (nSPS) is 48.9. The Balaban J connectivity index is 0.000000871. The lowest BCUT2D eigenvalue weighted by Crippen LogP contribution is -2.51. The maximum Gasteiger partial charge on any atom is 0.0579 e. The molecule has 0 bridgehead atoms. The van der Waals surface area contributed by atoms with Gasteiger partial charge in [0.15, 0.2) is 0 Å². The third kappa shape index (κ3) is 4.42. The van der Waals surface area contributed by atoms with E-state index in [2.05, 4.69) is 46.7 Å². The molecule has 4 heteroatoms. The number of hydrogen-bond acceptors (Lipinski definition) is 4. The lowest BCUT2D eigenvalue weighted by Gasteiger charge is -2.57. The van der Waals surface area contributed by atoms with E-state index in [1.54, 1.807) is 0 Å². The fourth-order valence-electron chi connectivity index (χ4n) is 11.3. The SMILES string of the molecule is C.CC.CC1C(O)CCC23C1CCC1C4CC(O)C([C@H](C)CCCN(C)C)C4(C)CCC12C3C.CO. The van der Waals surface area contributed by atoms with Crippen molar-refractivity contribution in [1.82, 2.24) is 4.90 Å². The molecule has 36 heavy (non-hydrogen) atoms. The first kappa shape index (κ1) is 32.1. The molecule has 0 aromatic carbocycles. The fourth-order valence-corrected chi connectivity index (χ4v) is 11.3. The molecule has 0 heterocycles. The van der Waals surface area contributed by atoms with Crippen molar-refractivity contribution in [2.45, 2.75) is 119 Å². The topological polar surface area (TPSA) is 63.9 Å². The first-order valence-corrected chi connectivity index (χ1v) is 15.1. The quantitative estimate of drug-likeness (QED) is 0.397. The molecular weight excluding hydrogens is 446 g/mol. The number of aliphatic hydroxyl groups excluding tert-OH is 3. The average molecular weight is 510 g/mol. The molecule has 4 nitrogen and oxygen atoms in total. The molecule has 5 saturated carbocycles. The molecule has 0 radical (unpaired) electrons. The number of nitrogens with zero attached hydrogens (tertiary/aromatic N) is 1. The summed E-state index contributed by atoms with van der Waals surface area (Å²) in [6.45, 7) is 15.1. The van der Waals surface area contributed by atoms with Gasteiger partial charge >= 0.3 is 0 Å². The van der Waals surface area contributed by atoms with Crippen LogP contribution in [0.1, 0.15) is 107 Å². The maximum absolute atomic E-state index is 11.4. The Kier molecular flexibility index (Phi) is 10.6. The highest BCUT2D eigenvalue weighted by Crippen LogP contribution is 2.88. The molecule has 3 N–H and O–H groups in total. The number of rotatable bonds is 5. The van der Waals surface area contributed by atoms with Crippen LogP contribution in [0.3, 0.4) is 0 Å². The Morgan fingerprint density at radius 1 is 0.861 bits per heavy atom. The first-order valence-electron chi connectivity index (χ1n) is 15.1. The van der Waals surface area contributed by atoms with Crippen molar-refractivity contribution in [2.24, 2.45) is 57.7 Å². The van der Waals surface area contributed by atoms with Gasteiger partial charge in [-0.05, 0) is 136 Å². The van der Waals surface area contributed by atoms with Gasteiger partial charge in [-0.3, -0.25) is 0 Å². The largest absolute Gasteiger partial charge is 0.400 e. The van der Waals surface area contributed by atoms with E-state index in [1.807, 2.05) is 13.8 Å². The fraction of sp³-hybridized carbons (Fsp3) is 1.00. The van der Waals surface area contributed by atoms with Gasteiger partial charge in [-0.1, -0.05) is 49.0 Å². The molecule has 11 unspecified atom stereocenters. The summed E-state index contributed by atoms with van der Waals surface area (Å²) in [5.74, 6) is 4.65. The average Bonchev–Trinajstić information content (AvgIpc) is 3.24. The molecule has 0 aliphatic heterocycles. The summed E-state index contributed by atoms with van der Waals surface area (Å²) in [7, 11) is 5.34. The van der Waals surface area contributed by atoms with Gasteiger partial charge in [0.05, 0.1) is 12.2 Å². The summed E-state index contributed by atoms with van der Waals surface area (Å²) in [5, 5.41) is 29.0. The molecule has 5 rings (SSSR count). The monoisotopic (exact) mass is 509 g/mol. The van der Waals surface area contributed by atoms with Crippen molar-refractivity contribution in [2.75, 3.05) is 27.7 Å². The van der Waals surface area contributed by atoms with Crippen LogP contribution in [-0.2, 0) is 0 Å². The lowest BCUT2D eigenvalue weighted by molar-refractivity contribution is -0.102. The second-order valence-corrected chi connectivity index (χ2v) is 13.4. The van der Waals surface area contributed by atoms with Crippen LogP contribution >= 0.6 is 0 Å². The second-order valence-electron chi connectivity index (χ2n) is 13.4. The summed E-state index contributed by atoms with van der Waals surface area (Å²) in [6.07, 6.45) is 11.0. The van der Waals surface area contributed by atoms with E-state index in [0.717, 1.165) is 44.2 Å². The summed E-state index contributed by atoms with van der Waals surface area (Å²) in [5.41, 5.74) is 1.36. The van der Waals surface area contributed by atoms with Crippen molar-refractivity contribution < 1.29 is 15.3 Å². The van der Waals surface area contributed by atoms with E-state index >= 15 is 0 Å². The van der Waals surface area contributed by atoms with Gasteiger partial charge in [0.1, 0.15) is 0 Å². The molecule has 12 atom stereocenters. The number of fused-ring (bicyclic) bond motifs is 2. The molecule has 5 aliphatic carbocycles. The summed E-state index contributed by atoms with van der Waals surface area (Å²) in [6, 6.07) is 0. The first-order chi connectivity index (χ1) is 16.6. The van der Waals surface area contributed by atoms with E-state index < -0.39 is 0 Å². The van der Waals surface area contributed by atoms with Crippen LogP contribution in [0, 0.1) is 57.7 Å². The van der Waals surface area contributed by atoms with Crippen molar-refractivity contribution in [3.05, 3.63) is 0 Å². The Bertz CT molecular complexity index is 699. The van der Waals surface area contributed by atoms with Crippen molar-refractivity contribution >= 4 is 0 Å². The Morgan fingerprint density at radius 3 is 2.06 bits per heavy atom. The van der Waals surface area contributed by atoms with Crippen molar-refractivity contribution in [3.8, 4) is 0 Å². The van der Waals surface area contributed by atoms with Gasteiger partial charge in [0, 0.05) is 7.11 Å². The number of aliphatic hydroxyl groups is 3. The van der Waals surface area contributed by atoms with E-state index in [4.69, 9.17) is 5.11 Å². The van der Waals surface area contributed by atoms with Gasteiger partial charge in [0.25, 0.3) is 0 Å². The number of hydrogen-bond donors (Lipinski definition) is 3. The smallest absolute Gasteiger partial charge is 0.0579 e. The molecule has 5 fully saturated rings. The zero-order valence-electron chi connectivity index (χ0n) is 24.6. The van der Waals surface area contributed by atoms with E-state index in [-0.39, 0.29) is 19.6 Å². The van der Waals surface area contributed by atoms with Gasteiger partial charge in [0.2, 0.25) is 0 Å². The molecule has 5 aliphatic rings. The van der Waals surface area contributed by atoms with Crippen LogP contribution in [0.4, 0.5) is 0 Å². The highest BCUT2D eigenvalue weighted by atomic mass is 16.3. The molecule has 0 aromatic rings. The summed E-state index contributed by atoms with van der Waals surface area (Å²) >= 11 is 0. The van der Waals surface area contributed by atoms with Gasteiger partial charge in [-0.2, -0.15) is 0 Å². The summed E-state index contributed by atoms with van der Waals surface area (Å²) in [4.78, 5) is 2.29. The van der Waals surface area contributed by atoms with E-state index in [1.165, 1.54) is 44.9 Å². The standard InChI is InChI=1S/C28H49NO2.C2H6.CH4O.CH4/c1-17(8-7-15-29(5)6)25-24(31)16-22-21-10-9-20-18(2)23(30)11-12-27(20)19(3)28(21,27)14-13-26(22,25)4;2*1-2;/h17-25,30-31H,7-16H2,1-6H3;1-2H3;2H,1H3;1H4/t17-,18?,19?,20?,21?,22?,23?,24?,25?,26?,27?,28?;;;/m1.../s1. The zero-order valence-corrected chi connectivity index (χ0v) is 24.6. The molecule has 0 saturated heterocycles. The predicted octanol–water partition coefficient (Wildman–Crippen LogP) is 6.47. The van der Waals surface area contributed by atoms with Crippen LogP contribution in [0.25, 0.3) is 0 Å². The Hall–Kier alpha value is -0.160. The highest BCUT2D eigenvalue weighted by molar-refractivity contribution is 5.31. The van der Waals surface area contributed by atoms with Crippen LogP contribution in [0.5, 0.6) is 0 Å². The maximum atomic E-state index is 11.4. The van der Waals surface area contributed by atoms with Crippen LogP contribution in [-0.4, -0.2) is 60.2 Å². The third-order valence-electron chi connectivity index (χ3n) is 12.5. The molecule has 0 aromatic heterocycles. The third-order valence-corrected chi connectivity index (χ3v) is 12.5. The second kappa shape index (κ2) is 11.9. The lowest BCUT2D eigenvalue weighted by atomic mass is 9.48.